The highest BCUT2D eigenvalue weighted by Gasteiger charge is 2.14. The molecule has 0 fully saturated rings. The van der Waals surface area contributed by atoms with Crippen LogP contribution >= 0.6 is 0 Å². The van der Waals surface area contributed by atoms with Gasteiger partial charge < -0.3 is 16.2 Å². The molecule has 1 unspecified atom stereocenters. The summed E-state index contributed by atoms with van der Waals surface area (Å²) in [6, 6.07) is -1.80. The van der Waals surface area contributed by atoms with Gasteiger partial charge in [-0.05, 0) is 6.92 Å². The maximum absolute atomic E-state index is 11.0. The first-order valence-corrected chi connectivity index (χ1v) is 4.44. The molecule has 0 heterocycles. The van der Waals surface area contributed by atoms with Crippen LogP contribution in [-0.2, 0) is 14.4 Å². The lowest BCUT2D eigenvalue weighted by atomic mass is 10.3. The molecule has 0 aliphatic carbocycles. The van der Waals surface area contributed by atoms with E-state index in [1.807, 2.05) is 5.32 Å². The number of carbonyl (C=O) groups is 4. The van der Waals surface area contributed by atoms with Crippen LogP contribution in [0.4, 0.5) is 4.79 Å². The summed E-state index contributed by atoms with van der Waals surface area (Å²) < 4.78 is 0. The number of urea groups is 1. The van der Waals surface area contributed by atoms with Crippen LogP contribution in [0.1, 0.15) is 19.8 Å². The molecule has 0 aromatic rings. The number of primary amides is 1. The number of carbonyl (C=O) groups excluding carboxylic acids is 3. The minimum Gasteiger partial charge on any atom is -0.481 e. The zero-order chi connectivity index (χ0) is 12.7. The third-order valence-corrected chi connectivity index (χ3v) is 1.59. The van der Waals surface area contributed by atoms with Gasteiger partial charge in [-0.2, -0.15) is 0 Å². The molecule has 0 spiro atoms. The predicted octanol–water partition coefficient (Wildman–Crippen LogP) is -1.45. The number of carboxylic acid groups (broad SMARTS) is 1. The van der Waals surface area contributed by atoms with Crippen molar-refractivity contribution in [2.24, 2.45) is 5.73 Å². The number of imide groups is 1. The highest BCUT2D eigenvalue weighted by Crippen LogP contribution is 1.88. The smallest absolute Gasteiger partial charge is 0.322 e. The number of aliphatic carboxylic acids is 1. The van der Waals surface area contributed by atoms with Crippen molar-refractivity contribution in [1.82, 2.24) is 10.6 Å². The predicted molar refractivity (Wildman–Crippen MR) is 52.2 cm³/mol. The summed E-state index contributed by atoms with van der Waals surface area (Å²) in [5.74, 6) is -2.62. The van der Waals surface area contributed by atoms with Gasteiger partial charge in [-0.1, -0.05) is 0 Å². The van der Waals surface area contributed by atoms with E-state index in [1.54, 1.807) is 0 Å². The Kier molecular flexibility index (Phi) is 5.53. The molecule has 1 atom stereocenters. The molecule has 0 bridgehead atoms. The zero-order valence-electron chi connectivity index (χ0n) is 8.65. The average Bonchev–Trinajstić information content (AvgIpc) is 2.14. The fourth-order valence-corrected chi connectivity index (χ4v) is 0.713. The van der Waals surface area contributed by atoms with E-state index < -0.39 is 29.9 Å². The van der Waals surface area contributed by atoms with Crippen LogP contribution in [0.5, 0.6) is 0 Å². The van der Waals surface area contributed by atoms with Crippen molar-refractivity contribution in [3.05, 3.63) is 0 Å². The number of carboxylic acids is 1. The molecule has 0 aromatic carbocycles. The van der Waals surface area contributed by atoms with Crippen molar-refractivity contribution in [3.63, 3.8) is 0 Å². The molecule has 4 amide bonds. The summed E-state index contributed by atoms with van der Waals surface area (Å²) in [4.78, 5) is 42.6. The van der Waals surface area contributed by atoms with E-state index in [9.17, 15) is 19.2 Å². The quantitative estimate of drug-likeness (QED) is 0.458. The molecular formula is C8H13N3O5. The van der Waals surface area contributed by atoms with Gasteiger partial charge in [0.2, 0.25) is 11.8 Å². The lowest BCUT2D eigenvalue weighted by molar-refractivity contribution is -0.138. The highest BCUT2D eigenvalue weighted by atomic mass is 16.4. The number of rotatable bonds is 5. The number of hydrogen-bond donors (Lipinski definition) is 4. The number of hydrogen-bond acceptors (Lipinski definition) is 4. The lowest BCUT2D eigenvalue weighted by Crippen LogP contribution is -2.48. The van der Waals surface area contributed by atoms with Crippen LogP contribution in [0, 0.1) is 0 Å². The van der Waals surface area contributed by atoms with Crippen LogP contribution in [0.2, 0.25) is 0 Å². The lowest BCUT2D eigenvalue weighted by Gasteiger charge is -2.10. The molecule has 8 heteroatoms. The highest BCUT2D eigenvalue weighted by molar-refractivity contribution is 5.96. The maximum Gasteiger partial charge on any atom is 0.322 e. The van der Waals surface area contributed by atoms with E-state index in [4.69, 9.17) is 10.8 Å². The fraction of sp³-hybridized carbons (Fsp3) is 0.500. The monoisotopic (exact) mass is 231 g/mol. The zero-order valence-corrected chi connectivity index (χ0v) is 8.65. The second-order valence-electron chi connectivity index (χ2n) is 3.04. The first-order valence-electron chi connectivity index (χ1n) is 4.44. The minimum atomic E-state index is -1.14. The Hall–Kier alpha value is -2.12. The van der Waals surface area contributed by atoms with Gasteiger partial charge in [0, 0.05) is 6.42 Å². The first-order chi connectivity index (χ1) is 7.32. The summed E-state index contributed by atoms with van der Waals surface area (Å²) in [6.45, 7) is 1.35. The Morgan fingerprint density at radius 1 is 1.25 bits per heavy atom. The van der Waals surface area contributed by atoms with Gasteiger partial charge in [0.15, 0.2) is 0 Å². The Morgan fingerprint density at radius 3 is 2.25 bits per heavy atom. The molecule has 0 aromatic heterocycles. The van der Waals surface area contributed by atoms with Crippen LogP contribution in [0.3, 0.4) is 0 Å². The molecule has 8 nitrogen and oxygen atoms in total. The van der Waals surface area contributed by atoms with E-state index in [2.05, 4.69) is 5.32 Å². The van der Waals surface area contributed by atoms with Crippen molar-refractivity contribution >= 4 is 23.8 Å². The number of nitrogens with one attached hydrogen (secondary N) is 2. The molecular weight excluding hydrogens is 218 g/mol. The number of amides is 4. The number of nitrogens with two attached hydrogens (primary N) is 1. The summed E-state index contributed by atoms with van der Waals surface area (Å²) in [5, 5.41) is 12.2. The van der Waals surface area contributed by atoms with E-state index in [-0.39, 0.29) is 12.8 Å². The van der Waals surface area contributed by atoms with Gasteiger partial charge in [-0.15, -0.1) is 0 Å². The largest absolute Gasteiger partial charge is 0.481 e. The van der Waals surface area contributed by atoms with Gasteiger partial charge in [0.1, 0.15) is 6.04 Å². The summed E-state index contributed by atoms with van der Waals surface area (Å²) >= 11 is 0. The average molecular weight is 231 g/mol. The molecule has 0 rings (SSSR count). The van der Waals surface area contributed by atoms with Gasteiger partial charge in [0.05, 0.1) is 6.42 Å². The molecule has 0 aliphatic heterocycles. The normalized spacial score (nSPS) is 11.3. The minimum absolute atomic E-state index is 0.312. The molecule has 0 aliphatic rings. The second kappa shape index (κ2) is 6.38. The standard InChI is InChI=1S/C8H13N3O5/c1-4(7(9)15)10-8(16)11-5(12)2-3-6(13)14/h4H,2-3H2,1H3,(H2,9,15)(H,13,14)(H2,10,11,12,16). The van der Waals surface area contributed by atoms with Crippen molar-refractivity contribution in [1.29, 1.82) is 0 Å². The van der Waals surface area contributed by atoms with Crippen molar-refractivity contribution in [3.8, 4) is 0 Å². The van der Waals surface area contributed by atoms with Crippen LogP contribution < -0.4 is 16.4 Å². The van der Waals surface area contributed by atoms with Gasteiger partial charge in [0.25, 0.3) is 0 Å². The Morgan fingerprint density at radius 2 is 1.81 bits per heavy atom. The SMILES string of the molecule is CC(NC(=O)NC(=O)CCC(=O)O)C(N)=O. The Bertz CT molecular complexity index is 315. The van der Waals surface area contributed by atoms with Crippen molar-refractivity contribution in [2.75, 3.05) is 0 Å². The molecule has 0 radical (unpaired) electrons. The van der Waals surface area contributed by atoms with E-state index in [1.165, 1.54) is 6.92 Å². The molecule has 5 N–H and O–H groups in total. The van der Waals surface area contributed by atoms with Crippen molar-refractivity contribution < 1.29 is 24.3 Å². The summed E-state index contributed by atoms with van der Waals surface area (Å²) in [6.07, 6.45) is -0.682. The molecule has 0 saturated carbocycles. The van der Waals surface area contributed by atoms with Gasteiger partial charge in [-0.25, -0.2) is 4.79 Å². The maximum atomic E-state index is 11.0. The van der Waals surface area contributed by atoms with E-state index in [0.717, 1.165) is 0 Å². The van der Waals surface area contributed by atoms with Crippen LogP contribution in [0.25, 0.3) is 0 Å². The fourth-order valence-electron chi connectivity index (χ4n) is 0.713. The topological polar surface area (TPSA) is 139 Å². The van der Waals surface area contributed by atoms with Gasteiger partial charge in [-0.3, -0.25) is 19.7 Å². The summed E-state index contributed by atoms with van der Waals surface area (Å²) in [5.41, 5.74) is 4.87. The Labute approximate surface area is 91.2 Å². The third-order valence-electron chi connectivity index (χ3n) is 1.59. The first kappa shape index (κ1) is 13.9. The molecule has 0 saturated heterocycles. The van der Waals surface area contributed by atoms with Crippen LogP contribution in [0.15, 0.2) is 0 Å². The third kappa shape index (κ3) is 6.35. The summed E-state index contributed by atoms with van der Waals surface area (Å²) in [7, 11) is 0. The van der Waals surface area contributed by atoms with E-state index in [0.29, 0.717) is 0 Å². The second-order valence-corrected chi connectivity index (χ2v) is 3.04. The van der Waals surface area contributed by atoms with E-state index >= 15 is 0 Å². The van der Waals surface area contributed by atoms with Gasteiger partial charge >= 0.3 is 12.0 Å². The van der Waals surface area contributed by atoms with Crippen molar-refractivity contribution in [2.45, 2.75) is 25.8 Å². The molecule has 90 valence electrons. The Balaban J connectivity index is 3.91. The molecule has 16 heavy (non-hydrogen) atoms. The van der Waals surface area contributed by atoms with Crippen LogP contribution in [-0.4, -0.2) is 35.0 Å².